The first-order valence-electron chi connectivity index (χ1n) is 6.59. The fourth-order valence-electron chi connectivity index (χ4n) is 1.84. The van der Waals surface area contributed by atoms with E-state index >= 15 is 0 Å². The van der Waals surface area contributed by atoms with Crippen molar-refractivity contribution in [2.45, 2.75) is 13.8 Å². The molecule has 0 spiro atoms. The third kappa shape index (κ3) is 3.38. The van der Waals surface area contributed by atoms with E-state index in [9.17, 15) is 4.79 Å². The quantitative estimate of drug-likeness (QED) is 0.852. The number of rotatable bonds is 4. The van der Waals surface area contributed by atoms with Crippen molar-refractivity contribution in [1.82, 2.24) is 0 Å². The number of benzene rings is 2. The van der Waals surface area contributed by atoms with Gasteiger partial charge in [-0.2, -0.15) is 0 Å². The molecule has 1 amide bonds. The van der Waals surface area contributed by atoms with E-state index in [1.54, 1.807) is 11.9 Å². The van der Waals surface area contributed by atoms with Crippen LogP contribution in [0, 0.1) is 13.8 Å². The van der Waals surface area contributed by atoms with Crippen LogP contribution in [-0.2, 0) is 4.79 Å². The fourth-order valence-corrected chi connectivity index (χ4v) is 1.84. The molecule has 0 aliphatic rings. The summed E-state index contributed by atoms with van der Waals surface area (Å²) in [6, 6.07) is 15.4. The Morgan fingerprint density at radius 1 is 1.05 bits per heavy atom. The second-order valence-electron chi connectivity index (χ2n) is 4.82. The summed E-state index contributed by atoms with van der Waals surface area (Å²) in [5.74, 6) is 0.650. The minimum absolute atomic E-state index is 0.0356. The lowest BCUT2D eigenvalue weighted by molar-refractivity contribution is -0.120. The van der Waals surface area contributed by atoms with Crippen LogP contribution < -0.4 is 9.64 Å². The number of likely N-dealkylation sites (N-methyl/N-ethyl adjacent to an activating group) is 1. The summed E-state index contributed by atoms with van der Waals surface area (Å²) in [4.78, 5) is 13.7. The molecule has 0 saturated carbocycles. The molecule has 2 aromatic rings. The average molecular weight is 269 g/mol. The normalized spacial score (nSPS) is 10.2. The number of carbonyl (C=O) groups excluding carboxylic acids is 1. The summed E-state index contributed by atoms with van der Waals surface area (Å²) < 4.78 is 5.56. The maximum absolute atomic E-state index is 12.1. The van der Waals surface area contributed by atoms with Gasteiger partial charge in [-0.1, -0.05) is 24.3 Å². The van der Waals surface area contributed by atoms with E-state index in [2.05, 4.69) is 0 Å². The molecule has 0 saturated heterocycles. The van der Waals surface area contributed by atoms with Crippen molar-refractivity contribution in [3.05, 3.63) is 59.7 Å². The number of carbonyl (C=O) groups is 1. The third-order valence-corrected chi connectivity index (χ3v) is 3.36. The molecule has 0 aromatic heterocycles. The Morgan fingerprint density at radius 3 is 2.40 bits per heavy atom. The fraction of sp³-hybridized carbons (Fsp3) is 0.235. The van der Waals surface area contributed by atoms with Gasteiger partial charge in [0.2, 0.25) is 0 Å². The summed E-state index contributed by atoms with van der Waals surface area (Å²) >= 11 is 0. The van der Waals surface area contributed by atoms with Gasteiger partial charge in [-0.15, -0.1) is 0 Å². The number of aryl methyl sites for hydroxylation is 2. The average Bonchev–Trinajstić information content (AvgIpc) is 2.48. The summed E-state index contributed by atoms with van der Waals surface area (Å²) in [6.07, 6.45) is 0. The molecule has 0 aliphatic heterocycles. The van der Waals surface area contributed by atoms with Crippen molar-refractivity contribution in [1.29, 1.82) is 0 Å². The highest BCUT2D eigenvalue weighted by Crippen LogP contribution is 2.17. The Balaban J connectivity index is 1.96. The Morgan fingerprint density at radius 2 is 1.75 bits per heavy atom. The van der Waals surface area contributed by atoms with E-state index in [4.69, 9.17) is 4.74 Å². The Labute approximate surface area is 119 Å². The summed E-state index contributed by atoms with van der Waals surface area (Å²) in [5.41, 5.74) is 3.23. The van der Waals surface area contributed by atoms with Gasteiger partial charge >= 0.3 is 0 Å². The number of para-hydroxylation sites is 1. The molecule has 3 heteroatoms. The van der Waals surface area contributed by atoms with Crippen molar-refractivity contribution in [3.8, 4) is 5.75 Å². The first-order chi connectivity index (χ1) is 9.58. The van der Waals surface area contributed by atoms with Crippen LogP contribution in [-0.4, -0.2) is 19.6 Å². The zero-order valence-electron chi connectivity index (χ0n) is 12.1. The van der Waals surface area contributed by atoms with Crippen LogP contribution in [0.5, 0.6) is 5.75 Å². The monoisotopic (exact) mass is 269 g/mol. The van der Waals surface area contributed by atoms with Crippen LogP contribution in [0.2, 0.25) is 0 Å². The zero-order chi connectivity index (χ0) is 14.5. The van der Waals surface area contributed by atoms with Crippen LogP contribution in [0.3, 0.4) is 0 Å². The molecular weight excluding hydrogens is 250 g/mol. The van der Waals surface area contributed by atoms with E-state index in [0.29, 0.717) is 0 Å². The van der Waals surface area contributed by atoms with E-state index in [-0.39, 0.29) is 12.5 Å². The standard InChI is InChI=1S/C17H19NO2/c1-13-9-10-16(11-14(13)2)20-12-17(19)18(3)15-7-5-4-6-8-15/h4-11H,12H2,1-3H3. The van der Waals surface area contributed by atoms with Gasteiger partial charge in [0.05, 0.1) is 0 Å². The Bertz CT molecular complexity index is 593. The van der Waals surface area contributed by atoms with Crippen LogP contribution in [0.25, 0.3) is 0 Å². The summed E-state index contributed by atoms with van der Waals surface area (Å²) in [5, 5.41) is 0. The first kappa shape index (κ1) is 14.1. The van der Waals surface area contributed by atoms with Crippen molar-refractivity contribution in [3.63, 3.8) is 0 Å². The van der Waals surface area contributed by atoms with Crippen LogP contribution >= 0.6 is 0 Å². The van der Waals surface area contributed by atoms with Crippen molar-refractivity contribution < 1.29 is 9.53 Å². The van der Waals surface area contributed by atoms with Gasteiger partial charge in [-0.3, -0.25) is 4.79 Å². The second kappa shape index (κ2) is 6.24. The van der Waals surface area contributed by atoms with Gasteiger partial charge in [0, 0.05) is 12.7 Å². The molecular formula is C17H19NO2. The topological polar surface area (TPSA) is 29.5 Å². The van der Waals surface area contributed by atoms with E-state index in [1.165, 1.54) is 5.56 Å². The van der Waals surface area contributed by atoms with Crippen molar-refractivity contribution >= 4 is 11.6 Å². The number of nitrogens with zero attached hydrogens (tertiary/aromatic N) is 1. The van der Waals surface area contributed by atoms with Gasteiger partial charge in [0.1, 0.15) is 5.75 Å². The van der Waals surface area contributed by atoms with Crippen LogP contribution in [0.1, 0.15) is 11.1 Å². The van der Waals surface area contributed by atoms with Gasteiger partial charge in [0.25, 0.3) is 5.91 Å². The maximum atomic E-state index is 12.1. The molecule has 3 nitrogen and oxygen atoms in total. The number of amides is 1. The molecule has 0 atom stereocenters. The third-order valence-electron chi connectivity index (χ3n) is 3.36. The molecule has 0 N–H and O–H groups in total. The highest BCUT2D eigenvalue weighted by atomic mass is 16.5. The maximum Gasteiger partial charge on any atom is 0.264 e. The minimum Gasteiger partial charge on any atom is -0.484 e. The summed E-state index contributed by atoms with van der Waals surface area (Å²) in [7, 11) is 1.75. The number of hydrogen-bond acceptors (Lipinski definition) is 2. The minimum atomic E-state index is -0.0746. The number of ether oxygens (including phenoxy) is 1. The zero-order valence-corrected chi connectivity index (χ0v) is 12.1. The van der Waals surface area contributed by atoms with Gasteiger partial charge in [-0.25, -0.2) is 0 Å². The molecule has 20 heavy (non-hydrogen) atoms. The largest absolute Gasteiger partial charge is 0.484 e. The number of anilines is 1. The van der Waals surface area contributed by atoms with E-state index in [0.717, 1.165) is 17.0 Å². The molecule has 0 bridgehead atoms. The van der Waals surface area contributed by atoms with Gasteiger partial charge < -0.3 is 9.64 Å². The molecule has 104 valence electrons. The number of hydrogen-bond donors (Lipinski definition) is 0. The predicted molar refractivity (Wildman–Crippen MR) is 81.3 cm³/mol. The molecule has 0 aliphatic carbocycles. The lowest BCUT2D eigenvalue weighted by atomic mass is 10.1. The van der Waals surface area contributed by atoms with E-state index < -0.39 is 0 Å². The predicted octanol–water partition coefficient (Wildman–Crippen LogP) is 3.35. The first-order valence-corrected chi connectivity index (χ1v) is 6.59. The Hall–Kier alpha value is -2.29. The van der Waals surface area contributed by atoms with Gasteiger partial charge in [0.15, 0.2) is 6.61 Å². The van der Waals surface area contributed by atoms with Crippen LogP contribution in [0.4, 0.5) is 5.69 Å². The Kier molecular flexibility index (Phi) is 4.41. The lowest BCUT2D eigenvalue weighted by Gasteiger charge is -2.17. The molecule has 0 heterocycles. The van der Waals surface area contributed by atoms with Gasteiger partial charge in [-0.05, 0) is 49.2 Å². The SMILES string of the molecule is Cc1ccc(OCC(=O)N(C)c2ccccc2)cc1C. The van der Waals surface area contributed by atoms with Crippen molar-refractivity contribution in [2.75, 3.05) is 18.6 Å². The van der Waals surface area contributed by atoms with E-state index in [1.807, 2.05) is 62.4 Å². The highest BCUT2D eigenvalue weighted by Gasteiger charge is 2.11. The smallest absolute Gasteiger partial charge is 0.264 e. The molecule has 0 fully saturated rings. The molecule has 2 rings (SSSR count). The second-order valence-corrected chi connectivity index (χ2v) is 4.82. The highest BCUT2D eigenvalue weighted by molar-refractivity contribution is 5.93. The van der Waals surface area contributed by atoms with Crippen LogP contribution in [0.15, 0.2) is 48.5 Å². The molecule has 0 radical (unpaired) electrons. The van der Waals surface area contributed by atoms with Crippen molar-refractivity contribution in [2.24, 2.45) is 0 Å². The molecule has 0 unspecified atom stereocenters. The summed E-state index contributed by atoms with van der Waals surface area (Å²) in [6.45, 7) is 4.11. The molecule has 2 aromatic carbocycles. The lowest BCUT2D eigenvalue weighted by Crippen LogP contribution is -2.31.